The number of cyclic esters (lactones) is 1. The molecule has 0 atom stereocenters. The van der Waals surface area contributed by atoms with E-state index in [1.54, 1.807) is 12.1 Å². The van der Waals surface area contributed by atoms with Gasteiger partial charge in [-0.15, -0.1) is 0 Å². The van der Waals surface area contributed by atoms with Crippen LogP contribution >= 0.6 is 27.5 Å². The first-order chi connectivity index (χ1) is 14.3. The van der Waals surface area contributed by atoms with E-state index >= 15 is 0 Å². The summed E-state index contributed by atoms with van der Waals surface area (Å²) in [6.45, 7) is 4.63. The molecule has 10 heteroatoms. The Labute approximate surface area is 185 Å². The lowest BCUT2D eigenvalue weighted by molar-refractivity contribution is -0.384. The summed E-state index contributed by atoms with van der Waals surface area (Å²) >= 11 is 9.55. The van der Waals surface area contributed by atoms with Crippen molar-refractivity contribution in [3.05, 3.63) is 66.8 Å². The van der Waals surface area contributed by atoms with E-state index in [9.17, 15) is 14.9 Å². The summed E-state index contributed by atoms with van der Waals surface area (Å²) in [7, 11) is 0. The maximum atomic E-state index is 12.3. The minimum atomic E-state index is -0.664. The molecular formula is C20H16BrClN2O6. The third-order valence-electron chi connectivity index (χ3n) is 3.94. The van der Waals surface area contributed by atoms with Crippen LogP contribution in [0.2, 0.25) is 5.02 Å². The van der Waals surface area contributed by atoms with E-state index in [1.807, 2.05) is 13.8 Å². The van der Waals surface area contributed by atoms with Crippen LogP contribution in [0.5, 0.6) is 11.5 Å². The van der Waals surface area contributed by atoms with Crippen LogP contribution in [0.4, 0.5) is 5.69 Å². The van der Waals surface area contributed by atoms with Gasteiger partial charge in [-0.25, -0.2) is 9.79 Å². The summed E-state index contributed by atoms with van der Waals surface area (Å²) in [5.74, 6) is 0.399. The lowest BCUT2D eigenvalue weighted by atomic mass is 10.1. The van der Waals surface area contributed by atoms with Crippen LogP contribution in [0.15, 0.2) is 45.5 Å². The molecule has 0 spiro atoms. The number of nitrogens with zero attached hydrogens (tertiary/aromatic N) is 2. The summed E-state index contributed by atoms with van der Waals surface area (Å²) in [4.78, 5) is 26.8. The molecule has 0 N–H and O–H groups in total. The summed E-state index contributed by atoms with van der Waals surface area (Å²) in [6.07, 6.45) is 1.54. The average molecular weight is 496 g/mol. The van der Waals surface area contributed by atoms with Crippen LogP contribution in [-0.2, 0) is 9.53 Å². The minimum Gasteiger partial charge on any atom is -0.490 e. The molecule has 0 radical (unpaired) electrons. The zero-order valence-electron chi connectivity index (χ0n) is 16.0. The SMILES string of the molecule is CCOc1cc(C=C2N=C(c3ccc([N+](=O)[O-])cc3Cl)OC2=O)cc(Br)c1OCC. The highest BCUT2D eigenvalue weighted by atomic mass is 79.9. The fourth-order valence-corrected chi connectivity index (χ4v) is 3.52. The maximum absolute atomic E-state index is 12.3. The molecule has 0 amide bonds. The smallest absolute Gasteiger partial charge is 0.363 e. The molecule has 0 saturated heterocycles. The summed E-state index contributed by atoms with van der Waals surface area (Å²) in [5.41, 5.74) is 0.799. The van der Waals surface area contributed by atoms with E-state index in [0.29, 0.717) is 34.7 Å². The second kappa shape index (κ2) is 9.27. The topological polar surface area (TPSA) is 100 Å². The first-order valence-corrected chi connectivity index (χ1v) is 10.1. The number of nitro groups is 1. The molecular weight excluding hydrogens is 480 g/mol. The molecule has 1 aliphatic rings. The molecule has 8 nitrogen and oxygen atoms in total. The van der Waals surface area contributed by atoms with E-state index < -0.39 is 10.9 Å². The number of nitro benzene ring substituents is 1. The largest absolute Gasteiger partial charge is 0.490 e. The van der Waals surface area contributed by atoms with E-state index in [1.165, 1.54) is 24.3 Å². The number of esters is 1. The molecule has 156 valence electrons. The Kier molecular flexibility index (Phi) is 6.73. The Morgan fingerprint density at radius 1 is 1.23 bits per heavy atom. The van der Waals surface area contributed by atoms with Crippen LogP contribution in [0, 0.1) is 10.1 Å². The minimum absolute atomic E-state index is 0.0267. The van der Waals surface area contributed by atoms with Crippen LogP contribution in [0.3, 0.4) is 0 Å². The molecule has 0 saturated carbocycles. The highest BCUT2D eigenvalue weighted by Crippen LogP contribution is 2.38. The van der Waals surface area contributed by atoms with E-state index in [-0.39, 0.29) is 27.9 Å². The molecule has 2 aromatic carbocycles. The number of hydrogen-bond donors (Lipinski definition) is 0. The first-order valence-electron chi connectivity index (χ1n) is 8.90. The van der Waals surface area contributed by atoms with Crippen molar-refractivity contribution < 1.29 is 23.9 Å². The van der Waals surface area contributed by atoms with Crippen molar-refractivity contribution in [3.63, 3.8) is 0 Å². The zero-order chi connectivity index (χ0) is 21.8. The van der Waals surface area contributed by atoms with Gasteiger partial charge in [-0.3, -0.25) is 10.1 Å². The van der Waals surface area contributed by atoms with Gasteiger partial charge in [-0.1, -0.05) is 11.6 Å². The molecule has 1 heterocycles. The fraction of sp³-hybridized carbons (Fsp3) is 0.200. The number of halogens is 2. The second-order valence-corrected chi connectivity index (χ2v) is 7.21. The van der Waals surface area contributed by atoms with Crippen LogP contribution < -0.4 is 9.47 Å². The second-order valence-electron chi connectivity index (χ2n) is 5.95. The fourth-order valence-electron chi connectivity index (χ4n) is 2.69. The number of carbonyl (C=O) groups is 1. The Balaban J connectivity index is 1.97. The van der Waals surface area contributed by atoms with Gasteiger partial charge in [0.25, 0.3) is 5.69 Å². The van der Waals surface area contributed by atoms with E-state index in [0.717, 1.165) is 0 Å². The molecule has 0 bridgehead atoms. The predicted molar refractivity (Wildman–Crippen MR) is 115 cm³/mol. The number of benzene rings is 2. The van der Waals surface area contributed by atoms with E-state index in [2.05, 4.69) is 20.9 Å². The standard InChI is InChI=1S/C20H16BrClN2O6/c1-3-28-17-9-11(7-14(21)18(17)29-4-2)8-16-20(25)30-19(23-16)13-6-5-12(24(26)27)10-15(13)22/h5-10H,3-4H2,1-2H3. The number of rotatable bonds is 7. The van der Waals surface area contributed by atoms with Gasteiger partial charge in [0.05, 0.1) is 33.2 Å². The molecule has 2 aromatic rings. The van der Waals surface area contributed by atoms with Crippen molar-refractivity contribution in [3.8, 4) is 11.5 Å². The molecule has 0 fully saturated rings. The van der Waals surface area contributed by atoms with Crippen LogP contribution in [-0.4, -0.2) is 30.0 Å². The monoisotopic (exact) mass is 494 g/mol. The molecule has 30 heavy (non-hydrogen) atoms. The van der Waals surface area contributed by atoms with Gasteiger partial charge in [0.1, 0.15) is 0 Å². The van der Waals surface area contributed by atoms with Crippen molar-refractivity contribution in [2.75, 3.05) is 13.2 Å². The lowest BCUT2D eigenvalue weighted by Gasteiger charge is -2.13. The summed E-state index contributed by atoms with van der Waals surface area (Å²) in [5, 5.41) is 10.9. The number of hydrogen-bond acceptors (Lipinski definition) is 7. The summed E-state index contributed by atoms with van der Waals surface area (Å²) in [6, 6.07) is 7.31. The lowest BCUT2D eigenvalue weighted by Crippen LogP contribution is -2.06. The normalized spacial score (nSPS) is 14.5. The molecule has 0 aliphatic carbocycles. The predicted octanol–water partition coefficient (Wildman–Crippen LogP) is 5.15. The summed E-state index contributed by atoms with van der Waals surface area (Å²) < 4.78 is 17.1. The Hall–Kier alpha value is -2.91. The van der Waals surface area contributed by atoms with Gasteiger partial charge < -0.3 is 14.2 Å². The quantitative estimate of drug-likeness (QED) is 0.228. The molecule has 0 aromatic heterocycles. The van der Waals surface area contributed by atoms with Crippen molar-refractivity contribution in [1.82, 2.24) is 0 Å². The molecule has 3 rings (SSSR count). The number of aliphatic imine (C=N–C) groups is 1. The Morgan fingerprint density at radius 2 is 1.97 bits per heavy atom. The molecule has 0 unspecified atom stereocenters. The first kappa shape index (κ1) is 21.8. The van der Waals surface area contributed by atoms with Gasteiger partial charge in [0.15, 0.2) is 17.2 Å². The van der Waals surface area contributed by atoms with Crippen molar-refractivity contribution >= 4 is 51.2 Å². The van der Waals surface area contributed by atoms with E-state index in [4.69, 9.17) is 25.8 Å². The van der Waals surface area contributed by atoms with Crippen molar-refractivity contribution in [1.29, 1.82) is 0 Å². The average Bonchev–Trinajstić information content (AvgIpc) is 3.04. The number of ether oxygens (including phenoxy) is 3. The van der Waals surface area contributed by atoms with Gasteiger partial charge >= 0.3 is 5.97 Å². The zero-order valence-corrected chi connectivity index (χ0v) is 18.3. The Morgan fingerprint density at radius 3 is 2.60 bits per heavy atom. The van der Waals surface area contributed by atoms with Crippen LogP contribution in [0.25, 0.3) is 6.08 Å². The highest BCUT2D eigenvalue weighted by Gasteiger charge is 2.27. The number of non-ortho nitro benzene ring substituents is 1. The third-order valence-corrected chi connectivity index (χ3v) is 4.84. The van der Waals surface area contributed by atoms with Crippen molar-refractivity contribution in [2.24, 2.45) is 4.99 Å². The highest BCUT2D eigenvalue weighted by molar-refractivity contribution is 9.10. The third kappa shape index (κ3) is 4.63. The van der Waals surface area contributed by atoms with Gasteiger partial charge in [0.2, 0.25) is 5.90 Å². The van der Waals surface area contributed by atoms with Crippen molar-refractivity contribution in [2.45, 2.75) is 13.8 Å². The molecule has 1 aliphatic heterocycles. The number of carbonyl (C=O) groups excluding carboxylic acids is 1. The van der Waals surface area contributed by atoms with Crippen LogP contribution in [0.1, 0.15) is 25.0 Å². The van der Waals surface area contributed by atoms with Gasteiger partial charge in [-0.2, -0.15) is 0 Å². The maximum Gasteiger partial charge on any atom is 0.363 e. The Bertz CT molecular complexity index is 1080. The van der Waals surface area contributed by atoms with Gasteiger partial charge in [0, 0.05) is 12.1 Å². The van der Waals surface area contributed by atoms with Gasteiger partial charge in [-0.05, 0) is 59.6 Å².